The van der Waals surface area contributed by atoms with E-state index in [4.69, 9.17) is 4.74 Å². The third kappa shape index (κ3) is 6.56. The van der Waals surface area contributed by atoms with E-state index in [1.807, 2.05) is 39.8 Å². The second kappa shape index (κ2) is 8.48. The molecule has 1 aromatic carbocycles. The fourth-order valence-electron chi connectivity index (χ4n) is 1.77. The molecule has 0 atom stereocenters. The molecule has 5 nitrogen and oxygen atoms in total. The summed E-state index contributed by atoms with van der Waals surface area (Å²) in [5.41, 5.74) is 0.767. The van der Waals surface area contributed by atoms with E-state index in [0.717, 1.165) is 5.56 Å². The number of nitrogens with one attached hydrogen (secondary N) is 2. The molecule has 0 spiro atoms. The maximum Gasteiger partial charge on any atom is 0.240 e. The Labute approximate surface area is 128 Å². The van der Waals surface area contributed by atoms with E-state index < -0.39 is 10.0 Å². The number of ether oxygens (including phenoxy) is 1. The number of hydrogen-bond acceptors (Lipinski definition) is 4. The van der Waals surface area contributed by atoms with Gasteiger partial charge in [0.1, 0.15) is 0 Å². The van der Waals surface area contributed by atoms with Gasteiger partial charge in [-0.05, 0) is 25.5 Å². The Bertz CT molecular complexity index is 527. The standard InChI is InChI=1S/C15H26N2O3S/c1-12(2)16-11-14-7-5-6-8-15(14)21(18,19)17-9-10-20-13(3)4/h5-8,12-13,16-17H,9-11H2,1-4H3. The second-order valence-corrected chi connectivity index (χ2v) is 7.20. The molecular weight excluding hydrogens is 288 g/mol. The zero-order chi connectivity index (χ0) is 15.9. The molecule has 0 heterocycles. The second-order valence-electron chi connectivity index (χ2n) is 5.46. The van der Waals surface area contributed by atoms with Crippen molar-refractivity contribution in [2.24, 2.45) is 0 Å². The highest BCUT2D eigenvalue weighted by Gasteiger charge is 2.17. The summed E-state index contributed by atoms with van der Waals surface area (Å²) in [6.45, 7) is 9.05. The van der Waals surface area contributed by atoms with Crippen LogP contribution < -0.4 is 10.0 Å². The predicted octanol–water partition coefficient (Wildman–Crippen LogP) is 1.89. The zero-order valence-electron chi connectivity index (χ0n) is 13.2. The molecule has 0 radical (unpaired) electrons. The van der Waals surface area contributed by atoms with Crippen molar-refractivity contribution in [3.63, 3.8) is 0 Å². The van der Waals surface area contributed by atoms with Crippen LogP contribution >= 0.6 is 0 Å². The van der Waals surface area contributed by atoms with Crippen molar-refractivity contribution in [2.45, 2.75) is 51.3 Å². The molecule has 6 heteroatoms. The third-order valence-electron chi connectivity index (χ3n) is 2.81. The summed E-state index contributed by atoms with van der Waals surface area (Å²) in [6, 6.07) is 7.33. The molecule has 1 aromatic rings. The summed E-state index contributed by atoms with van der Waals surface area (Å²) >= 11 is 0. The topological polar surface area (TPSA) is 67.4 Å². The van der Waals surface area contributed by atoms with Crippen LogP contribution in [0.5, 0.6) is 0 Å². The van der Waals surface area contributed by atoms with Gasteiger partial charge < -0.3 is 10.1 Å². The predicted molar refractivity (Wildman–Crippen MR) is 84.7 cm³/mol. The molecule has 0 saturated heterocycles. The van der Waals surface area contributed by atoms with Crippen LogP contribution in [0.2, 0.25) is 0 Å². The first-order valence-electron chi connectivity index (χ1n) is 7.25. The molecule has 0 bridgehead atoms. The van der Waals surface area contributed by atoms with Crippen LogP contribution in [0.15, 0.2) is 29.2 Å². The van der Waals surface area contributed by atoms with Crippen LogP contribution in [0.3, 0.4) is 0 Å². The molecular formula is C15H26N2O3S. The van der Waals surface area contributed by atoms with Crippen LogP contribution in [0.1, 0.15) is 33.3 Å². The summed E-state index contributed by atoms with van der Waals surface area (Å²) < 4.78 is 32.6. The Morgan fingerprint density at radius 1 is 1.14 bits per heavy atom. The highest BCUT2D eigenvalue weighted by atomic mass is 32.2. The molecule has 0 unspecified atom stereocenters. The summed E-state index contributed by atoms with van der Waals surface area (Å²) in [5.74, 6) is 0. The van der Waals surface area contributed by atoms with Crippen LogP contribution in [0, 0.1) is 0 Å². The van der Waals surface area contributed by atoms with E-state index in [-0.39, 0.29) is 12.6 Å². The minimum atomic E-state index is -3.51. The number of benzene rings is 1. The Balaban J connectivity index is 2.73. The zero-order valence-corrected chi connectivity index (χ0v) is 14.0. The lowest BCUT2D eigenvalue weighted by molar-refractivity contribution is 0.0834. The Kier molecular flexibility index (Phi) is 7.31. The van der Waals surface area contributed by atoms with Crippen molar-refractivity contribution in [3.05, 3.63) is 29.8 Å². The van der Waals surface area contributed by atoms with Crippen molar-refractivity contribution in [2.75, 3.05) is 13.2 Å². The van der Waals surface area contributed by atoms with Gasteiger partial charge in [-0.2, -0.15) is 0 Å². The van der Waals surface area contributed by atoms with Gasteiger partial charge in [-0.15, -0.1) is 0 Å². The highest BCUT2D eigenvalue weighted by molar-refractivity contribution is 7.89. The molecule has 120 valence electrons. The lowest BCUT2D eigenvalue weighted by Gasteiger charge is -2.14. The van der Waals surface area contributed by atoms with E-state index in [1.165, 1.54) is 0 Å². The minimum absolute atomic E-state index is 0.0945. The normalized spacial score (nSPS) is 12.3. The van der Waals surface area contributed by atoms with E-state index in [9.17, 15) is 8.42 Å². The molecule has 2 N–H and O–H groups in total. The van der Waals surface area contributed by atoms with Gasteiger partial charge in [0.15, 0.2) is 0 Å². The number of hydrogen-bond donors (Lipinski definition) is 2. The van der Waals surface area contributed by atoms with Gasteiger partial charge in [0.05, 0.1) is 17.6 Å². The van der Waals surface area contributed by atoms with Gasteiger partial charge in [0, 0.05) is 19.1 Å². The summed E-state index contributed by atoms with van der Waals surface area (Å²) in [7, 11) is -3.51. The maximum absolute atomic E-state index is 12.3. The smallest absolute Gasteiger partial charge is 0.240 e. The van der Waals surface area contributed by atoms with Crippen LogP contribution in [0.4, 0.5) is 0 Å². The van der Waals surface area contributed by atoms with E-state index in [0.29, 0.717) is 24.1 Å². The summed E-state index contributed by atoms with van der Waals surface area (Å²) in [5, 5.41) is 3.24. The lowest BCUT2D eigenvalue weighted by atomic mass is 10.2. The fraction of sp³-hybridized carbons (Fsp3) is 0.600. The number of rotatable bonds is 9. The first kappa shape index (κ1) is 18.1. The molecule has 0 fully saturated rings. The van der Waals surface area contributed by atoms with Gasteiger partial charge in [-0.3, -0.25) is 0 Å². The molecule has 0 saturated carbocycles. The van der Waals surface area contributed by atoms with Gasteiger partial charge >= 0.3 is 0 Å². The monoisotopic (exact) mass is 314 g/mol. The van der Waals surface area contributed by atoms with Gasteiger partial charge in [-0.25, -0.2) is 13.1 Å². The van der Waals surface area contributed by atoms with Gasteiger partial charge in [-0.1, -0.05) is 32.0 Å². The highest BCUT2D eigenvalue weighted by Crippen LogP contribution is 2.15. The molecule has 0 aliphatic carbocycles. The fourth-order valence-corrected chi connectivity index (χ4v) is 3.03. The van der Waals surface area contributed by atoms with Crippen molar-refractivity contribution < 1.29 is 13.2 Å². The molecule has 0 aliphatic heterocycles. The van der Waals surface area contributed by atoms with E-state index in [2.05, 4.69) is 10.0 Å². The first-order valence-corrected chi connectivity index (χ1v) is 8.74. The quantitative estimate of drug-likeness (QED) is 0.683. The van der Waals surface area contributed by atoms with Crippen molar-refractivity contribution in [3.8, 4) is 0 Å². The van der Waals surface area contributed by atoms with Crippen LogP contribution in [-0.4, -0.2) is 33.7 Å². The van der Waals surface area contributed by atoms with E-state index >= 15 is 0 Å². The van der Waals surface area contributed by atoms with Crippen molar-refractivity contribution in [1.29, 1.82) is 0 Å². The molecule has 21 heavy (non-hydrogen) atoms. The maximum atomic E-state index is 12.3. The SMILES string of the molecule is CC(C)NCc1ccccc1S(=O)(=O)NCCOC(C)C. The van der Waals surface area contributed by atoms with Crippen LogP contribution in [-0.2, 0) is 21.3 Å². The molecule has 0 aromatic heterocycles. The van der Waals surface area contributed by atoms with Crippen LogP contribution in [0.25, 0.3) is 0 Å². The Hall–Kier alpha value is -0.950. The van der Waals surface area contributed by atoms with Crippen molar-refractivity contribution >= 4 is 10.0 Å². The van der Waals surface area contributed by atoms with E-state index in [1.54, 1.807) is 12.1 Å². The molecule has 0 amide bonds. The van der Waals surface area contributed by atoms with Gasteiger partial charge in [0.2, 0.25) is 10.0 Å². The average Bonchev–Trinajstić information content (AvgIpc) is 2.41. The first-order chi connectivity index (χ1) is 9.83. The molecule has 0 aliphatic rings. The average molecular weight is 314 g/mol. The minimum Gasteiger partial charge on any atom is -0.377 e. The van der Waals surface area contributed by atoms with Crippen molar-refractivity contribution in [1.82, 2.24) is 10.0 Å². The Morgan fingerprint density at radius 3 is 2.43 bits per heavy atom. The summed E-state index contributed by atoms with van der Waals surface area (Å²) in [4.78, 5) is 0.322. The third-order valence-corrected chi connectivity index (χ3v) is 4.37. The largest absolute Gasteiger partial charge is 0.377 e. The lowest BCUT2D eigenvalue weighted by Crippen LogP contribution is -2.30. The molecule has 1 rings (SSSR count). The summed E-state index contributed by atoms with van der Waals surface area (Å²) in [6.07, 6.45) is 0.0945. The number of sulfonamides is 1. The Morgan fingerprint density at radius 2 is 1.81 bits per heavy atom. The van der Waals surface area contributed by atoms with Gasteiger partial charge in [0.25, 0.3) is 0 Å².